The van der Waals surface area contributed by atoms with Gasteiger partial charge >= 0.3 is 5.97 Å². The molecule has 1 aromatic carbocycles. The van der Waals surface area contributed by atoms with Gasteiger partial charge in [-0.15, -0.1) is 0 Å². The highest BCUT2D eigenvalue weighted by Crippen LogP contribution is 2.43. The van der Waals surface area contributed by atoms with Gasteiger partial charge in [-0.25, -0.2) is 4.79 Å². The molecule has 2 N–H and O–H groups in total. The molecular formula is C12H11Br3N2O4. The third kappa shape index (κ3) is 3.29. The number of halogens is 3. The van der Waals surface area contributed by atoms with Crippen LogP contribution in [0.1, 0.15) is 27.6 Å². The van der Waals surface area contributed by atoms with Crippen LogP contribution >= 0.6 is 47.8 Å². The topological polar surface area (TPSA) is 86.7 Å². The predicted octanol–water partition coefficient (Wildman–Crippen LogP) is 3.01. The molecule has 0 aliphatic heterocycles. The lowest BCUT2D eigenvalue weighted by Crippen LogP contribution is -2.27. The molecule has 0 saturated carbocycles. The lowest BCUT2D eigenvalue weighted by Gasteiger charge is -2.23. The number of carbonyl (C=O) groups excluding carboxylic acids is 2. The highest BCUT2D eigenvalue weighted by Gasteiger charge is 2.29. The fourth-order valence-corrected chi connectivity index (χ4v) is 4.83. The summed E-state index contributed by atoms with van der Waals surface area (Å²) < 4.78 is 0.621. The minimum absolute atomic E-state index is 0.0983. The van der Waals surface area contributed by atoms with E-state index in [1.165, 1.54) is 25.9 Å². The number of rotatable bonds is 3. The maximum Gasteiger partial charge on any atom is 0.338 e. The molecule has 2 amide bonds. The van der Waals surface area contributed by atoms with Crippen LogP contribution in [0.4, 0.5) is 5.69 Å². The van der Waals surface area contributed by atoms with Crippen LogP contribution in [-0.2, 0) is 4.79 Å². The van der Waals surface area contributed by atoms with E-state index in [1.54, 1.807) is 0 Å². The fourth-order valence-electron chi connectivity index (χ4n) is 1.61. The van der Waals surface area contributed by atoms with Gasteiger partial charge in [0.05, 0.1) is 25.8 Å². The Morgan fingerprint density at radius 1 is 1.05 bits per heavy atom. The Hall–Kier alpha value is -0.930. The van der Waals surface area contributed by atoms with E-state index in [0.717, 1.165) is 0 Å². The molecule has 0 aliphatic carbocycles. The zero-order valence-corrected chi connectivity index (χ0v) is 16.0. The monoisotopic (exact) mass is 484 g/mol. The average Bonchev–Trinajstić information content (AvgIpc) is 2.37. The molecule has 0 spiro atoms. The molecule has 0 radical (unpaired) electrons. The van der Waals surface area contributed by atoms with Gasteiger partial charge in [-0.1, -0.05) is 0 Å². The Bertz CT molecular complexity index is 646. The highest BCUT2D eigenvalue weighted by atomic mass is 79.9. The Morgan fingerprint density at radius 2 is 1.52 bits per heavy atom. The summed E-state index contributed by atoms with van der Waals surface area (Å²) in [6, 6.07) is 0. The van der Waals surface area contributed by atoms with E-state index in [4.69, 9.17) is 0 Å². The van der Waals surface area contributed by atoms with Crippen molar-refractivity contribution in [1.29, 1.82) is 0 Å². The zero-order valence-electron chi connectivity index (χ0n) is 11.3. The van der Waals surface area contributed by atoms with Crippen LogP contribution in [0.25, 0.3) is 0 Å². The van der Waals surface area contributed by atoms with E-state index >= 15 is 0 Å². The van der Waals surface area contributed by atoms with Crippen molar-refractivity contribution in [2.45, 2.75) is 6.92 Å². The third-order valence-corrected chi connectivity index (χ3v) is 5.11. The number of carboxylic acid groups (broad SMARTS) is 1. The number of aromatic carboxylic acids is 1. The van der Waals surface area contributed by atoms with Crippen molar-refractivity contribution in [2.75, 3.05) is 19.0 Å². The highest BCUT2D eigenvalue weighted by molar-refractivity contribution is 9.11. The second kappa shape index (κ2) is 6.89. The lowest BCUT2D eigenvalue weighted by molar-refractivity contribution is -0.116. The molecule has 0 heterocycles. The number of hydrogen-bond donors (Lipinski definition) is 2. The third-order valence-electron chi connectivity index (χ3n) is 2.77. The normalized spacial score (nSPS) is 10.2. The minimum atomic E-state index is -1.23. The quantitative estimate of drug-likeness (QED) is 0.687. The first-order valence-electron chi connectivity index (χ1n) is 5.55. The SMILES string of the molecule is CNC(=O)c1c(Br)c(C(=O)O)c(Br)c(N(C)C(C)=O)c1Br. The molecule has 1 aromatic rings. The van der Waals surface area contributed by atoms with Crippen LogP contribution in [0.5, 0.6) is 0 Å². The first-order chi connectivity index (χ1) is 9.64. The van der Waals surface area contributed by atoms with Crippen molar-refractivity contribution >= 4 is 71.3 Å². The van der Waals surface area contributed by atoms with Crippen molar-refractivity contribution in [3.05, 3.63) is 24.5 Å². The molecule has 0 aliphatic rings. The average molecular weight is 487 g/mol. The molecule has 21 heavy (non-hydrogen) atoms. The van der Waals surface area contributed by atoms with Gasteiger partial charge in [-0.05, 0) is 47.8 Å². The summed E-state index contributed by atoms with van der Waals surface area (Å²) in [4.78, 5) is 36.3. The second-order valence-electron chi connectivity index (χ2n) is 4.00. The van der Waals surface area contributed by atoms with E-state index < -0.39 is 11.9 Å². The first kappa shape index (κ1) is 18.1. The van der Waals surface area contributed by atoms with Gasteiger partial charge in [0.1, 0.15) is 0 Å². The summed E-state index contributed by atoms with van der Waals surface area (Å²) in [5.74, 6) is -2.02. The van der Waals surface area contributed by atoms with Gasteiger partial charge in [-0.2, -0.15) is 0 Å². The van der Waals surface area contributed by atoms with Crippen molar-refractivity contribution in [3.63, 3.8) is 0 Å². The Labute approximate surface area is 146 Å². The van der Waals surface area contributed by atoms with Crippen LogP contribution < -0.4 is 10.2 Å². The van der Waals surface area contributed by atoms with E-state index in [-0.39, 0.29) is 31.7 Å². The standard InChI is InChI=1S/C12H11Br3N2O4/c1-4(18)17(3)10-8(14)5(11(19)16-2)7(13)6(9(10)15)12(20)21/h1-3H3,(H,16,19)(H,20,21). The molecule has 6 nitrogen and oxygen atoms in total. The van der Waals surface area contributed by atoms with E-state index in [2.05, 4.69) is 53.1 Å². The Kier molecular flexibility index (Phi) is 5.94. The molecule has 0 aromatic heterocycles. The fraction of sp³-hybridized carbons (Fsp3) is 0.250. The largest absolute Gasteiger partial charge is 0.478 e. The maximum absolute atomic E-state index is 12.0. The van der Waals surface area contributed by atoms with Crippen LogP contribution in [-0.4, -0.2) is 37.0 Å². The zero-order chi connectivity index (χ0) is 16.5. The Balaban J connectivity index is 3.89. The molecule has 114 valence electrons. The molecule has 9 heteroatoms. The van der Waals surface area contributed by atoms with Crippen LogP contribution in [0, 0.1) is 0 Å². The number of amides is 2. The molecule has 0 fully saturated rings. The van der Waals surface area contributed by atoms with Gasteiger partial charge in [-0.3, -0.25) is 9.59 Å². The molecule has 0 bridgehead atoms. The molecule has 0 unspecified atom stereocenters. The maximum atomic E-state index is 12.0. The Morgan fingerprint density at radius 3 is 1.90 bits per heavy atom. The predicted molar refractivity (Wildman–Crippen MR) is 89.0 cm³/mol. The number of carbonyl (C=O) groups is 3. The van der Waals surface area contributed by atoms with E-state index in [1.807, 2.05) is 0 Å². The van der Waals surface area contributed by atoms with Crippen molar-refractivity contribution in [3.8, 4) is 0 Å². The van der Waals surface area contributed by atoms with Crippen LogP contribution in [0.2, 0.25) is 0 Å². The van der Waals surface area contributed by atoms with Crippen LogP contribution in [0.15, 0.2) is 13.4 Å². The molecule has 1 rings (SSSR count). The molecular weight excluding hydrogens is 476 g/mol. The summed E-state index contributed by atoms with van der Waals surface area (Å²) in [5, 5.41) is 11.8. The van der Waals surface area contributed by atoms with Gasteiger partial charge in [0.15, 0.2) is 0 Å². The van der Waals surface area contributed by atoms with E-state index in [9.17, 15) is 19.5 Å². The van der Waals surface area contributed by atoms with E-state index in [0.29, 0.717) is 4.47 Å². The van der Waals surface area contributed by atoms with Gasteiger partial charge in [0.25, 0.3) is 5.91 Å². The van der Waals surface area contributed by atoms with Gasteiger partial charge in [0, 0.05) is 25.5 Å². The number of benzene rings is 1. The number of nitrogens with zero attached hydrogens (tertiary/aromatic N) is 1. The first-order valence-corrected chi connectivity index (χ1v) is 7.93. The van der Waals surface area contributed by atoms with Crippen molar-refractivity contribution < 1.29 is 19.5 Å². The lowest BCUT2D eigenvalue weighted by atomic mass is 10.1. The summed E-state index contributed by atoms with van der Waals surface area (Å²) in [7, 11) is 2.92. The summed E-state index contributed by atoms with van der Waals surface area (Å²) in [6.45, 7) is 1.33. The number of anilines is 1. The van der Waals surface area contributed by atoms with Crippen molar-refractivity contribution in [2.24, 2.45) is 0 Å². The van der Waals surface area contributed by atoms with Gasteiger partial charge in [0.2, 0.25) is 5.91 Å². The summed E-state index contributed by atoms with van der Waals surface area (Å²) in [6.07, 6.45) is 0. The van der Waals surface area contributed by atoms with Gasteiger partial charge < -0.3 is 15.3 Å². The minimum Gasteiger partial charge on any atom is -0.478 e. The number of nitrogens with one attached hydrogen (secondary N) is 1. The van der Waals surface area contributed by atoms with Crippen molar-refractivity contribution in [1.82, 2.24) is 5.32 Å². The summed E-state index contributed by atoms with van der Waals surface area (Å²) in [5.41, 5.74) is 0.225. The van der Waals surface area contributed by atoms with Crippen LogP contribution in [0.3, 0.4) is 0 Å². The number of hydrogen-bond acceptors (Lipinski definition) is 3. The number of carboxylic acids is 1. The smallest absolute Gasteiger partial charge is 0.338 e. The summed E-state index contributed by atoms with van der Waals surface area (Å²) >= 11 is 9.60. The second-order valence-corrected chi connectivity index (χ2v) is 6.38. The molecule has 0 atom stereocenters. The molecule has 0 saturated heterocycles.